The largest absolute Gasteiger partial charge is 0.300 e. The van der Waals surface area contributed by atoms with Crippen LogP contribution in [0.4, 0.5) is 17.6 Å². The minimum absolute atomic E-state index is 0.322. The van der Waals surface area contributed by atoms with Gasteiger partial charge in [0.1, 0.15) is 0 Å². The van der Waals surface area contributed by atoms with Gasteiger partial charge in [-0.3, -0.25) is 38.0 Å². The van der Waals surface area contributed by atoms with Gasteiger partial charge in [-0.05, 0) is 247 Å². The van der Waals surface area contributed by atoms with Crippen molar-refractivity contribution in [2.45, 2.75) is 78.0 Å². The second kappa shape index (κ2) is 29.5. The van der Waals surface area contributed by atoms with Gasteiger partial charge in [0.25, 0.3) is 0 Å². The summed E-state index contributed by atoms with van der Waals surface area (Å²) in [7, 11) is 8.53. The topological polar surface area (TPSA) is 58.5 Å². The summed E-state index contributed by atoms with van der Waals surface area (Å²) < 4.78 is 61.2. The molecule has 16 rings (SSSR count). The Morgan fingerprint density at radius 1 is 0.434 bits per heavy atom. The number of aromatic nitrogens is 6. The molecule has 4 aliphatic rings. The predicted octanol–water partition coefficient (Wildman–Crippen LogP) is 17.1. The van der Waals surface area contributed by atoms with E-state index < -0.39 is 23.3 Å². The number of benzene rings is 6. The Labute approximate surface area is 589 Å². The molecule has 0 spiro atoms. The third kappa shape index (κ3) is 14.4. The van der Waals surface area contributed by atoms with Crippen LogP contribution in [-0.4, -0.2) is 102 Å². The molecule has 17 heteroatoms. The highest BCUT2D eigenvalue weighted by molar-refractivity contribution is 6.32. The lowest BCUT2D eigenvalue weighted by molar-refractivity contribution is 0.219. The molecule has 2 atom stereocenters. The van der Waals surface area contributed by atoms with Crippen LogP contribution in [0.25, 0.3) is 43.6 Å². The number of rotatable bonds is 1. The lowest BCUT2D eigenvalue weighted by Crippen LogP contribution is -2.32. The zero-order valence-corrected chi connectivity index (χ0v) is 58.3. The van der Waals surface area contributed by atoms with Gasteiger partial charge in [0.2, 0.25) is 0 Å². The minimum Gasteiger partial charge on any atom is -0.300 e. The molecule has 10 heterocycles. The first-order valence-corrected chi connectivity index (χ1v) is 34.2. The quantitative estimate of drug-likeness (QED) is 0.121. The lowest BCUT2D eigenvalue weighted by atomic mass is 9.96. The van der Waals surface area contributed by atoms with E-state index in [9.17, 15) is 17.6 Å². The Hall–Kier alpha value is -9.55. The fourth-order valence-electron chi connectivity index (χ4n) is 13.9. The van der Waals surface area contributed by atoms with Crippen LogP contribution in [0, 0.1) is 78.1 Å². The smallest absolute Gasteiger partial charge is 0.160 e. The molecular formula is C82H71Cl3F4N10. The van der Waals surface area contributed by atoms with E-state index in [1.807, 2.05) is 63.7 Å². The Balaban J connectivity index is 0.000000119. The molecule has 0 saturated heterocycles. The molecule has 0 fully saturated rings. The summed E-state index contributed by atoms with van der Waals surface area (Å²) in [6.45, 7) is 12.3. The van der Waals surface area contributed by atoms with Crippen molar-refractivity contribution in [2.24, 2.45) is 0 Å². The highest BCUT2D eigenvalue weighted by Gasteiger charge is 2.31. The fraction of sp³-hybridized carbons (Fsp3) is 0.244. The molecule has 6 aromatic heterocycles. The van der Waals surface area contributed by atoms with Gasteiger partial charge in [0.05, 0.1) is 39.5 Å². The summed E-state index contributed by atoms with van der Waals surface area (Å²) in [6, 6.07) is 53.2. The van der Waals surface area contributed by atoms with Crippen LogP contribution in [0.2, 0.25) is 15.1 Å². The highest BCUT2D eigenvalue weighted by atomic mass is 35.5. The maximum atomic E-state index is 13.4. The van der Waals surface area contributed by atoms with Crippen molar-refractivity contribution in [1.29, 1.82) is 0 Å². The van der Waals surface area contributed by atoms with Crippen LogP contribution in [0.15, 0.2) is 158 Å². The zero-order valence-electron chi connectivity index (χ0n) is 56.1. The van der Waals surface area contributed by atoms with E-state index in [2.05, 4.69) is 178 Å². The Morgan fingerprint density at radius 3 is 1.30 bits per heavy atom. The van der Waals surface area contributed by atoms with E-state index in [0.29, 0.717) is 28.2 Å². The number of nitrogens with zero attached hydrogens (tertiary/aromatic N) is 10. The molecule has 498 valence electrons. The van der Waals surface area contributed by atoms with Gasteiger partial charge in [-0.1, -0.05) is 53.4 Å². The van der Waals surface area contributed by atoms with Crippen molar-refractivity contribution >= 4 is 78.4 Å². The monoisotopic (exact) mass is 1380 g/mol. The second-order valence-electron chi connectivity index (χ2n) is 25.6. The van der Waals surface area contributed by atoms with E-state index in [0.717, 1.165) is 150 Å². The molecule has 0 radical (unpaired) electrons. The third-order valence-electron chi connectivity index (χ3n) is 19.1. The molecule has 12 aromatic rings. The molecule has 2 unspecified atom stereocenters. The van der Waals surface area contributed by atoms with E-state index in [1.54, 1.807) is 24.8 Å². The molecule has 4 aliphatic heterocycles. The standard InChI is InChI=1S/C21H20ClN3.C21H18F2N2.C20H15ClF2N2.C20H18ClN3/c1-3-19-21-17(9-11-24(19)2)18-13-16(22)6-7-20(18)25(21)12-8-15-5-4-10-23-14-15;1-14-3-6-20-17(11-14)16-8-9-24(2)13-21(16)25(20)10-7-15-4-5-18(22)19(23)12-15;1-24-8-7-15-16-11-14(21)3-5-19(16)25(20(15)12-24)9-6-13-2-4-17(22)18(23)10-13;1-14-20-17(8-10-23(14)2)18-12-16(21)5-6-19(18)24(20)11-7-15-4-3-9-22-13-15/h4-7,10,13-14,19H,3,9,11H2,1-2H3;3-6,11-12H,8-9,13H2,1-2H3;2-5,10-11H,7-8,12H2,1H3;3-6,9,12-14H,8,10H2,1-2H3. The van der Waals surface area contributed by atoms with Crippen LogP contribution in [-0.2, 0) is 38.8 Å². The van der Waals surface area contributed by atoms with Crippen molar-refractivity contribution in [3.8, 4) is 47.9 Å². The summed E-state index contributed by atoms with van der Waals surface area (Å²) in [5.74, 6) is 8.93. The van der Waals surface area contributed by atoms with E-state index in [-0.39, 0.29) is 0 Å². The summed E-state index contributed by atoms with van der Waals surface area (Å²) in [4.78, 5) is 17.6. The number of likely N-dealkylation sites (N-methyl/N-ethyl adjacent to an activating group) is 4. The van der Waals surface area contributed by atoms with Crippen molar-refractivity contribution in [3.05, 3.63) is 269 Å². The summed E-state index contributed by atoms with van der Waals surface area (Å²) in [6.07, 6.45) is 12.1. The van der Waals surface area contributed by atoms with Gasteiger partial charge in [0.15, 0.2) is 23.3 Å². The van der Waals surface area contributed by atoms with Gasteiger partial charge < -0.3 is 9.80 Å². The molecule has 6 aromatic carbocycles. The maximum Gasteiger partial charge on any atom is 0.160 e. The zero-order chi connectivity index (χ0) is 69.2. The maximum absolute atomic E-state index is 13.4. The minimum atomic E-state index is -0.891. The second-order valence-corrected chi connectivity index (χ2v) is 27.0. The first-order valence-electron chi connectivity index (χ1n) is 33.0. The van der Waals surface area contributed by atoms with Gasteiger partial charge in [0, 0.05) is 165 Å². The van der Waals surface area contributed by atoms with Crippen molar-refractivity contribution < 1.29 is 17.6 Å². The van der Waals surface area contributed by atoms with Crippen LogP contribution in [0.1, 0.15) is 105 Å². The highest BCUT2D eigenvalue weighted by Crippen LogP contribution is 2.40. The lowest BCUT2D eigenvalue weighted by Gasteiger charge is -2.32. The average Bonchev–Trinajstić information content (AvgIpc) is 1.63. The number of fused-ring (bicyclic) bond motifs is 12. The molecule has 0 N–H and O–H groups in total. The molecule has 10 nitrogen and oxygen atoms in total. The first-order chi connectivity index (χ1) is 47.9. The average molecular weight is 1380 g/mol. The third-order valence-corrected chi connectivity index (χ3v) is 19.8. The van der Waals surface area contributed by atoms with Crippen molar-refractivity contribution in [3.63, 3.8) is 0 Å². The van der Waals surface area contributed by atoms with Crippen molar-refractivity contribution in [2.75, 3.05) is 54.4 Å². The Morgan fingerprint density at radius 2 is 0.838 bits per heavy atom. The molecule has 0 amide bonds. The molecule has 0 aliphatic carbocycles. The number of hydrogen-bond donors (Lipinski definition) is 0. The van der Waals surface area contributed by atoms with E-state index in [1.165, 1.54) is 73.2 Å². The first kappa shape index (κ1) is 68.0. The Kier molecular flexibility index (Phi) is 20.3. The molecule has 0 bridgehead atoms. The van der Waals surface area contributed by atoms with Crippen LogP contribution >= 0.6 is 34.8 Å². The summed E-state index contributed by atoms with van der Waals surface area (Å²) in [5, 5.41) is 7.04. The van der Waals surface area contributed by atoms with Crippen LogP contribution in [0.3, 0.4) is 0 Å². The van der Waals surface area contributed by atoms with Gasteiger partial charge in [-0.25, -0.2) is 17.6 Å². The fourth-order valence-corrected chi connectivity index (χ4v) is 14.4. The molecule has 99 heavy (non-hydrogen) atoms. The number of pyridine rings is 2. The van der Waals surface area contributed by atoms with Gasteiger partial charge >= 0.3 is 0 Å². The molecular weight excluding hydrogens is 1310 g/mol. The predicted molar refractivity (Wildman–Crippen MR) is 392 cm³/mol. The Bertz CT molecular complexity index is 5190. The normalized spacial score (nSPS) is 15.7. The number of halogens is 7. The SMILES string of the molecule is CC1c2c(c3cc(Cl)ccc3n2C#Cc2cccnc2)CCN1C.CCC1c2c(c3cc(Cl)ccc3n2C#Cc2cccnc2)CCN1C.CN1CCc2c(n(C#Cc3ccc(F)c(F)c3)c3ccc(Cl)cc23)C1.Cc1ccc2c(c1)c1c(n2C#Cc2ccc(F)c(F)c2)CN(C)CC1. The van der Waals surface area contributed by atoms with E-state index >= 15 is 0 Å². The van der Waals surface area contributed by atoms with Gasteiger partial charge in [-0.2, -0.15) is 0 Å². The van der Waals surface area contributed by atoms with Crippen molar-refractivity contribution in [1.82, 2.24) is 47.8 Å². The number of hydrogen-bond acceptors (Lipinski definition) is 6. The summed E-state index contributed by atoms with van der Waals surface area (Å²) >= 11 is 18.7. The molecule has 0 saturated carbocycles. The summed E-state index contributed by atoms with van der Waals surface area (Å²) in [5.41, 5.74) is 18.5. The van der Waals surface area contributed by atoms with Gasteiger partial charge in [-0.15, -0.1) is 0 Å². The van der Waals surface area contributed by atoms with E-state index in [4.69, 9.17) is 34.8 Å². The van der Waals surface area contributed by atoms with Crippen LogP contribution in [0.5, 0.6) is 0 Å². The van der Waals surface area contributed by atoms with Crippen LogP contribution < -0.4 is 0 Å². The number of aryl methyl sites for hydroxylation is 1.